The first kappa shape index (κ1) is 14.2. The smallest absolute Gasteiger partial charge is 0.305 e. The molecule has 1 rings (SSSR count). The van der Waals surface area contributed by atoms with Crippen molar-refractivity contribution in [1.29, 1.82) is 0 Å². The molecule has 5 heteroatoms. The van der Waals surface area contributed by atoms with Crippen molar-refractivity contribution < 1.29 is 18.7 Å². The number of rotatable bonds is 6. The standard InChI is InChI=1S/C13H16FNO3/c1-2-18-13(17)5-3-4-12(16)15-11-8-6-10(14)7-9-11/h6-9H,2-5H2,1H3,(H,15,16). The van der Waals surface area contributed by atoms with Crippen LogP contribution in [-0.2, 0) is 14.3 Å². The summed E-state index contributed by atoms with van der Waals surface area (Å²) in [4.78, 5) is 22.5. The Hall–Kier alpha value is -1.91. The maximum absolute atomic E-state index is 12.6. The molecule has 98 valence electrons. The molecule has 0 atom stereocenters. The number of carbonyl (C=O) groups is 2. The van der Waals surface area contributed by atoms with E-state index in [0.29, 0.717) is 18.7 Å². The fourth-order valence-electron chi connectivity index (χ4n) is 1.38. The van der Waals surface area contributed by atoms with Crippen molar-refractivity contribution in [2.75, 3.05) is 11.9 Å². The van der Waals surface area contributed by atoms with Gasteiger partial charge in [0, 0.05) is 18.5 Å². The summed E-state index contributed by atoms with van der Waals surface area (Å²) in [6.07, 6.45) is 0.896. The van der Waals surface area contributed by atoms with Gasteiger partial charge in [-0.1, -0.05) is 0 Å². The Morgan fingerprint density at radius 3 is 2.50 bits per heavy atom. The lowest BCUT2D eigenvalue weighted by atomic mass is 10.2. The molecule has 0 aromatic heterocycles. The summed E-state index contributed by atoms with van der Waals surface area (Å²) in [5.74, 6) is -0.853. The Balaban J connectivity index is 2.25. The summed E-state index contributed by atoms with van der Waals surface area (Å²) >= 11 is 0. The third-order valence-electron chi connectivity index (χ3n) is 2.22. The van der Waals surface area contributed by atoms with E-state index >= 15 is 0 Å². The molecular weight excluding hydrogens is 237 g/mol. The first-order valence-electron chi connectivity index (χ1n) is 5.83. The number of hydrogen-bond acceptors (Lipinski definition) is 3. The van der Waals surface area contributed by atoms with Gasteiger partial charge in [-0.05, 0) is 37.6 Å². The van der Waals surface area contributed by atoms with Gasteiger partial charge >= 0.3 is 5.97 Å². The number of nitrogens with one attached hydrogen (secondary N) is 1. The topological polar surface area (TPSA) is 55.4 Å². The summed E-state index contributed by atoms with van der Waals surface area (Å²) in [6.45, 7) is 2.08. The molecular formula is C13H16FNO3. The third kappa shape index (κ3) is 5.43. The van der Waals surface area contributed by atoms with Crippen LogP contribution in [0.2, 0.25) is 0 Å². The van der Waals surface area contributed by atoms with E-state index < -0.39 is 0 Å². The number of ether oxygens (including phenoxy) is 1. The van der Waals surface area contributed by atoms with Crippen LogP contribution in [0, 0.1) is 5.82 Å². The lowest BCUT2D eigenvalue weighted by molar-refractivity contribution is -0.143. The zero-order chi connectivity index (χ0) is 13.4. The molecule has 0 saturated heterocycles. The summed E-state index contributed by atoms with van der Waals surface area (Å²) in [6, 6.07) is 5.51. The number of esters is 1. The van der Waals surface area contributed by atoms with Crippen molar-refractivity contribution in [3.8, 4) is 0 Å². The van der Waals surface area contributed by atoms with E-state index in [2.05, 4.69) is 5.32 Å². The highest BCUT2D eigenvalue weighted by Gasteiger charge is 2.06. The van der Waals surface area contributed by atoms with Crippen LogP contribution in [-0.4, -0.2) is 18.5 Å². The molecule has 18 heavy (non-hydrogen) atoms. The van der Waals surface area contributed by atoms with Crippen LogP contribution in [0.3, 0.4) is 0 Å². The minimum absolute atomic E-state index is 0.203. The molecule has 0 unspecified atom stereocenters. The predicted molar refractivity (Wildman–Crippen MR) is 65.5 cm³/mol. The second kappa shape index (κ2) is 7.42. The molecule has 0 fully saturated rings. The lowest BCUT2D eigenvalue weighted by Gasteiger charge is -2.05. The zero-order valence-corrected chi connectivity index (χ0v) is 10.2. The zero-order valence-electron chi connectivity index (χ0n) is 10.2. The van der Waals surface area contributed by atoms with Crippen molar-refractivity contribution in [3.63, 3.8) is 0 Å². The minimum atomic E-state index is -0.352. The summed E-state index contributed by atoms with van der Waals surface area (Å²) < 4.78 is 17.4. The van der Waals surface area contributed by atoms with E-state index in [1.165, 1.54) is 24.3 Å². The molecule has 1 aromatic rings. The molecule has 1 N–H and O–H groups in total. The van der Waals surface area contributed by atoms with Gasteiger partial charge in [0.15, 0.2) is 0 Å². The molecule has 0 radical (unpaired) electrons. The van der Waals surface area contributed by atoms with Gasteiger partial charge in [0.05, 0.1) is 6.61 Å². The average molecular weight is 253 g/mol. The summed E-state index contributed by atoms with van der Waals surface area (Å²) in [5, 5.41) is 2.62. The molecule has 0 bridgehead atoms. The van der Waals surface area contributed by atoms with Crippen molar-refractivity contribution in [1.82, 2.24) is 0 Å². The highest BCUT2D eigenvalue weighted by Crippen LogP contribution is 2.09. The largest absolute Gasteiger partial charge is 0.466 e. The van der Waals surface area contributed by atoms with Gasteiger partial charge in [0.25, 0.3) is 0 Å². The molecule has 0 saturated carbocycles. The van der Waals surface area contributed by atoms with Crippen molar-refractivity contribution in [3.05, 3.63) is 30.1 Å². The van der Waals surface area contributed by atoms with E-state index in [1.807, 2.05) is 0 Å². The van der Waals surface area contributed by atoms with Crippen LogP contribution >= 0.6 is 0 Å². The van der Waals surface area contributed by atoms with E-state index in [4.69, 9.17) is 4.74 Å². The molecule has 1 aromatic carbocycles. The van der Waals surface area contributed by atoms with Crippen LogP contribution in [0.4, 0.5) is 10.1 Å². The van der Waals surface area contributed by atoms with Crippen LogP contribution < -0.4 is 5.32 Å². The summed E-state index contributed by atoms with van der Waals surface area (Å²) in [7, 11) is 0. The SMILES string of the molecule is CCOC(=O)CCCC(=O)Nc1ccc(F)cc1. The second-order valence-electron chi connectivity index (χ2n) is 3.71. The van der Waals surface area contributed by atoms with Crippen LogP contribution in [0.25, 0.3) is 0 Å². The van der Waals surface area contributed by atoms with E-state index in [-0.39, 0.29) is 30.5 Å². The Morgan fingerprint density at radius 2 is 1.89 bits per heavy atom. The normalized spacial score (nSPS) is 9.89. The molecule has 0 aliphatic rings. The number of hydrogen-bond donors (Lipinski definition) is 1. The molecule has 0 aliphatic carbocycles. The van der Waals surface area contributed by atoms with Gasteiger partial charge in [0.2, 0.25) is 5.91 Å². The maximum Gasteiger partial charge on any atom is 0.305 e. The number of carbonyl (C=O) groups excluding carboxylic acids is 2. The van der Waals surface area contributed by atoms with Crippen LogP contribution in [0.5, 0.6) is 0 Å². The second-order valence-corrected chi connectivity index (χ2v) is 3.71. The van der Waals surface area contributed by atoms with Gasteiger partial charge in [0.1, 0.15) is 5.82 Å². The molecule has 0 heterocycles. The number of amides is 1. The van der Waals surface area contributed by atoms with Crippen molar-refractivity contribution >= 4 is 17.6 Å². The Labute approximate surface area is 105 Å². The Kier molecular flexibility index (Phi) is 5.84. The van der Waals surface area contributed by atoms with E-state index in [0.717, 1.165) is 0 Å². The minimum Gasteiger partial charge on any atom is -0.466 e. The van der Waals surface area contributed by atoms with E-state index in [1.54, 1.807) is 6.92 Å². The van der Waals surface area contributed by atoms with Crippen molar-refractivity contribution in [2.45, 2.75) is 26.2 Å². The number of anilines is 1. The molecule has 1 amide bonds. The first-order valence-corrected chi connectivity index (χ1v) is 5.83. The van der Waals surface area contributed by atoms with E-state index in [9.17, 15) is 14.0 Å². The monoisotopic (exact) mass is 253 g/mol. The maximum atomic E-state index is 12.6. The Bertz CT molecular complexity index is 403. The average Bonchev–Trinajstić information content (AvgIpc) is 2.32. The van der Waals surface area contributed by atoms with Gasteiger partial charge in [-0.15, -0.1) is 0 Å². The van der Waals surface area contributed by atoms with Crippen LogP contribution in [0.1, 0.15) is 26.2 Å². The number of halogens is 1. The number of benzene rings is 1. The molecule has 0 spiro atoms. The van der Waals surface area contributed by atoms with Crippen LogP contribution in [0.15, 0.2) is 24.3 Å². The quantitative estimate of drug-likeness (QED) is 0.792. The van der Waals surface area contributed by atoms with Gasteiger partial charge in [-0.3, -0.25) is 9.59 Å². The first-order chi connectivity index (χ1) is 8.61. The lowest BCUT2D eigenvalue weighted by Crippen LogP contribution is -2.12. The third-order valence-corrected chi connectivity index (χ3v) is 2.22. The summed E-state index contributed by atoms with van der Waals surface area (Å²) in [5.41, 5.74) is 0.539. The van der Waals surface area contributed by atoms with Gasteiger partial charge in [-0.25, -0.2) is 4.39 Å². The van der Waals surface area contributed by atoms with Gasteiger partial charge < -0.3 is 10.1 Å². The Morgan fingerprint density at radius 1 is 1.22 bits per heavy atom. The highest BCUT2D eigenvalue weighted by molar-refractivity contribution is 5.90. The molecule has 0 aliphatic heterocycles. The molecule has 4 nitrogen and oxygen atoms in total. The fourth-order valence-corrected chi connectivity index (χ4v) is 1.38. The fraction of sp³-hybridized carbons (Fsp3) is 0.385. The van der Waals surface area contributed by atoms with Gasteiger partial charge in [-0.2, -0.15) is 0 Å². The predicted octanol–water partition coefficient (Wildman–Crippen LogP) is 2.50. The van der Waals surface area contributed by atoms with Crippen molar-refractivity contribution in [2.24, 2.45) is 0 Å². The highest BCUT2D eigenvalue weighted by atomic mass is 19.1.